The highest BCUT2D eigenvalue weighted by molar-refractivity contribution is 4.85. The molecule has 1 saturated carbocycles. The molecule has 1 aliphatic carbocycles. The van der Waals surface area contributed by atoms with E-state index in [1.165, 1.54) is 45.1 Å². The monoisotopic (exact) mass is 225 g/mol. The van der Waals surface area contributed by atoms with Crippen LogP contribution in [0.15, 0.2) is 0 Å². The van der Waals surface area contributed by atoms with Crippen molar-refractivity contribution in [2.24, 2.45) is 17.8 Å². The van der Waals surface area contributed by atoms with Crippen LogP contribution in [0.4, 0.5) is 0 Å². The van der Waals surface area contributed by atoms with Crippen LogP contribution >= 0.6 is 0 Å². The van der Waals surface area contributed by atoms with Crippen molar-refractivity contribution in [1.29, 1.82) is 0 Å². The molecule has 1 fully saturated rings. The van der Waals surface area contributed by atoms with E-state index in [4.69, 9.17) is 0 Å². The number of hydrogen-bond acceptors (Lipinski definition) is 1. The van der Waals surface area contributed by atoms with Crippen molar-refractivity contribution in [3.63, 3.8) is 0 Å². The average molecular weight is 225 g/mol. The van der Waals surface area contributed by atoms with Gasteiger partial charge in [0.15, 0.2) is 0 Å². The highest BCUT2D eigenvalue weighted by atomic mass is 14.9. The van der Waals surface area contributed by atoms with Crippen LogP contribution in [-0.2, 0) is 0 Å². The first-order valence-corrected chi connectivity index (χ1v) is 7.42. The molecule has 1 heteroatoms. The second-order valence-electron chi connectivity index (χ2n) is 5.84. The standard InChI is InChI=1S/C15H31N/c1-5-7-8-14(6-2)11-16-15-10-9-12(3)13(15)4/h12-16H,5-11H2,1-4H3. The van der Waals surface area contributed by atoms with Crippen LogP contribution in [0, 0.1) is 17.8 Å². The molecule has 0 saturated heterocycles. The Bertz CT molecular complexity index is 178. The smallest absolute Gasteiger partial charge is 0.00954 e. The highest BCUT2D eigenvalue weighted by Gasteiger charge is 2.29. The van der Waals surface area contributed by atoms with Crippen LogP contribution in [0.25, 0.3) is 0 Å². The zero-order chi connectivity index (χ0) is 12.0. The zero-order valence-electron chi connectivity index (χ0n) is 11.8. The van der Waals surface area contributed by atoms with E-state index in [1.54, 1.807) is 0 Å². The molecule has 0 spiro atoms. The molecule has 1 aliphatic rings. The Balaban J connectivity index is 2.21. The Kier molecular flexibility index (Phi) is 6.41. The van der Waals surface area contributed by atoms with Crippen LogP contribution in [0.5, 0.6) is 0 Å². The van der Waals surface area contributed by atoms with Gasteiger partial charge in [-0.3, -0.25) is 0 Å². The summed E-state index contributed by atoms with van der Waals surface area (Å²) >= 11 is 0. The van der Waals surface area contributed by atoms with E-state index >= 15 is 0 Å². The molecule has 0 aromatic heterocycles. The topological polar surface area (TPSA) is 12.0 Å². The Morgan fingerprint density at radius 1 is 1.19 bits per heavy atom. The molecule has 0 amide bonds. The summed E-state index contributed by atoms with van der Waals surface area (Å²) in [4.78, 5) is 0. The number of nitrogens with one attached hydrogen (secondary N) is 1. The molecule has 0 aromatic carbocycles. The minimum absolute atomic E-state index is 0.797. The fourth-order valence-corrected chi connectivity index (χ4v) is 2.91. The van der Waals surface area contributed by atoms with E-state index in [1.807, 2.05) is 0 Å². The molecule has 0 bridgehead atoms. The van der Waals surface area contributed by atoms with Crippen LogP contribution in [0.1, 0.15) is 66.2 Å². The first-order valence-electron chi connectivity index (χ1n) is 7.42. The molecule has 1 nitrogen and oxygen atoms in total. The van der Waals surface area contributed by atoms with Gasteiger partial charge >= 0.3 is 0 Å². The van der Waals surface area contributed by atoms with Crippen molar-refractivity contribution >= 4 is 0 Å². The van der Waals surface area contributed by atoms with Gasteiger partial charge in [-0.2, -0.15) is 0 Å². The maximum absolute atomic E-state index is 3.82. The summed E-state index contributed by atoms with van der Waals surface area (Å²) in [6, 6.07) is 0.797. The summed E-state index contributed by atoms with van der Waals surface area (Å²) in [6.07, 6.45) is 8.31. The van der Waals surface area contributed by atoms with E-state index in [9.17, 15) is 0 Å². The Labute approximate surface area is 102 Å². The van der Waals surface area contributed by atoms with Gasteiger partial charge in [0, 0.05) is 6.04 Å². The predicted octanol–water partition coefficient (Wildman–Crippen LogP) is 4.23. The van der Waals surface area contributed by atoms with Gasteiger partial charge in [0.25, 0.3) is 0 Å². The minimum atomic E-state index is 0.797. The van der Waals surface area contributed by atoms with Crippen LogP contribution in [0.2, 0.25) is 0 Å². The van der Waals surface area contributed by atoms with E-state index in [-0.39, 0.29) is 0 Å². The van der Waals surface area contributed by atoms with E-state index in [0.717, 1.165) is 23.8 Å². The molecular formula is C15H31N. The summed E-state index contributed by atoms with van der Waals surface area (Å²) in [7, 11) is 0. The second-order valence-corrected chi connectivity index (χ2v) is 5.84. The molecule has 96 valence electrons. The second kappa shape index (κ2) is 7.32. The number of hydrogen-bond donors (Lipinski definition) is 1. The van der Waals surface area contributed by atoms with Gasteiger partial charge in [-0.15, -0.1) is 0 Å². The van der Waals surface area contributed by atoms with Crippen molar-refractivity contribution < 1.29 is 0 Å². The average Bonchev–Trinajstić information content (AvgIpc) is 2.61. The first kappa shape index (κ1) is 14.0. The summed E-state index contributed by atoms with van der Waals surface area (Å²) in [5.74, 6) is 2.71. The molecular weight excluding hydrogens is 194 g/mol. The van der Waals surface area contributed by atoms with Gasteiger partial charge in [0.2, 0.25) is 0 Å². The largest absolute Gasteiger partial charge is 0.313 e. The van der Waals surface area contributed by atoms with Gasteiger partial charge in [0.05, 0.1) is 0 Å². The van der Waals surface area contributed by atoms with Gasteiger partial charge in [-0.1, -0.05) is 47.0 Å². The molecule has 4 atom stereocenters. The summed E-state index contributed by atoms with van der Waals surface area (Å²) in [5.41, 5.74) is 0. The van der Waals surface area contributed by atoms with Gasteiger partial charge in [0.1, 0.15) is 0 Å². The van der Waals surface area contributed by atoms with E-state index < -0.39 is 0 Å². The normalized spacial score (nSPS) is 31.9. The number of rotatable bonds is 7. The van der Waals surface area contributed by atoms with E-state index in [2.05, 4.69) is 33.0 Å². The van der Waals surface area contributed by atoms with Crippen molar-refractivity contribution in [3.05, 3.63) is 0 Å². The summed E-state index contributed by atoms with van der Waals surface area (Å²) in [5, 5.41) is 3.82. The lowest BCUT2D eigenvalue weighted by Crippen LogP contribution is -2.35. The molecule has 1 N–H and O–H groups in total. The molecule has 0 aromatic rings. The van der Waals surface area contributed by atoms with Crippen molar-refractivity contribution in [1.82, 2.24) is 5.32 Å². The van der Waals surface area contributed by atoms with Gasteiger partial charge in [-0.05, 0) is 43.6 Å². The van der Waals surface area contributed by atoms with Crippen LogP contribution < -0.4 is 5.32 Å². The Hall–Kier alpha value is -0.0400. The quantitative estimate of drug-likeness (QED) is 0.684. The van der Waals surface area contributed by atoms with Crippen molar-refractivity contribution in [3.8, 4) is 0 Å². The van der Waals surface area contributed by atoms with Crippen molar-refractivity contribution in [2.45, 2.75) is 72.3 Å². The molecule has 1 rings (SSSR count). The summed E-state index contributed by atoms with van der Waals surface area (Å²) < 4.78 is 0. The fourth-order valence-electron chi connectivity index (χ4n) is 2.91. The van der Waals surface area contributed by atoms with Gasteiger partial charge in [-0.25, -0.2) is 0 Å². The minimum Gasteiger partial charge on any atom is -0.313 e. The maximum atomic E-state index is 3.82. The lowest BCUT2D eigenvalue weighted by molar-refractivity contribution is 0.332. The zero-order valence-corrected chi connectivity index (χ0v) is 11.8. The molecule has 0 radical (unpaired) electrons. The van der Waals surface area contributed by atoms with Crippen LogP contribution in [0.3, 0.4) is 0 Å². The Morgan fingerprint density at radius 3 is 2.44 bits per heavy atom. The maximum Gasteiger partial charge on any atom is 0.00954 e. The third kappa shape index (κ3) is 4.08. The fraction of sp³-hybridized carbons (Fsp3) is 1.00. The highest BCUT2D eigenvalue weighted by Crippen LogP contribution is 2.31. The molecule has 16 heavy (non-hydrogen) atoms. The lowest BCUT2D eigenvalue weighted by atomic mass is 9.96. The molecule has 0 heterocycles. The SMILES string of the molecule is CCCCC(CC)CNC1CCC(C)C1C. The first-order chi connectivity index (χ1) is 7.69. The lowest BCUT2D eigenvalue weighted by Gasteiger charge is -2.23. The van der Waals surface area contributed by atoms with Crippen LogP contribution in [-0.4, -0.2) is 12.6 Å². The number of unbranched alkanes of at least 4 members (excludes halogenated alkanes) is 1. The predicted molar refractivity (Wildman–Crippen MR) is 72.7 cm³/mol. The van der Waals surface area contributed by atoms with E-state index in [0.29, 0.717) is 0 Å². The third-order valence-electron chi connectivity index (χ3n) is 4.68. The summed E-state index contributed by atoms with van der Waals surface area (Å²) in [6.45, 7) is 10.7. The Morgan fingerprint density at radius 2 is 1.94 bits per heavy atom. The molecule has 4 unspecified atom stereocenters. The molecule has 0 aliphatic heterocycles. The van der Waals surface area contributed by atoms with Gasteiger partial charge < -0.3 is 5.32 Å². The third-order valence-corrected chi connectivity index (χ3v) is 4.68. The van der Waals surface area contributed by atoms with Crippen molar-refractivity contribution in [2.75, 3.05) is 6.54 Å².